The van der Waals surface area contributed by atoms with E-state index in [-0.39, 0.29) is 0 Å². The zero-order valence-corrected chi connectivity index (χ0v) is 17.5. The molecule has 150 valence electrons. The molecule has 4 rings (SSSR count). The molecule has 0 bridgehead atoms. The van der Waals surface area contributed by atoms with Crippen LogP contribution in [0.15, 0.2) is 29.7 Å². The lowest BCUT2D eigenvalue weighted by molar-refractivity contribution is 0.181. The Kier molecular flexibility index (Phi) is 5.32. The van der Waals surface area contributed by atoms with Crippen molar-refractivity contribution >= 4 is 21.4 Å². The van der Waals surface area contributed by atoms with E-state index in [1.165, 1.54) is 17.7 Å². The quantitative estimate of drug-likeness (QED) is 0.645. The summed E-state index contributed by atoms with van der Waals surface area (Å²) in [5.74, 6) is 0. The minimum absolute atomic E-state index is 0.393. The predicted octanol–water partition coefficient (Wildman–Crippen LogP) is 1.35. The Morgan fingerprint density at radius 2 is 1.93 bits per heavy atom. The minimum atomic E-state index is -3.50. The van der Waals surface area contributed by atoms with Gasteiger partial charge >= 0.3 is 0 Å². The second kappa shape index (κ2) is 7.74. The number of aryl methyl sites for hydroxylation is 2. The van der Waals surface area contributed by atoms with Crippen molar-refractivity contribution in [3.8, 4) is 10.6 Å². The monoisotopic (exact) mass is 421 g/mol. The summed E-state index contributed by atoms with van der Waals surface area (Å²) in [6.45, 7) is 7.77. The fourth-order valence-electron chi connectivity index (χ4n) is 3.32. The molecule has 11 heteroatoms. The van der Waals surface area contributed by atoms with Gasteiger partial charge in [0.05, 0.1) is 16.3 Å². The summed E-state index contributed by atoms with van der Waals surface area (Å²) in [4.78, 5) is 8.25. The van der Waals surface area contributed by atoms with Crippen molar-refractivity contribution in [2.75, 3.05) is 32.7 Å². The van der Waals surface area contributed by atoms with Gasteiger partial charge in [0.2, 0.25) is 10.0 Å². The van der Waals surface area contributed by atoms with Crippen LogP contribution in [0.5, 0.6) is 0 Å². The number of H-pyrrole nitrogens is 1. The van der Waals surface area contributed by atoms with Crippen molar-refractivity contribution < 1.29 is 8.42 Å². The summed E-state index contributed by atoms with van der Waals surface area (Å²) in [5, 5.41) is 11.3. The second-order valence-electron chi connectivity index (χ2n) is 6.87. The maximum absolute atomic E-state index is 13.2. The summed E-state index contributed by atoms with van der Waals surface area (Å²) < 4.78 is 29.7. The fraction of sp³-hybridized carbons (Fsp3) is 0.471. The van der Waals surface area contributed by atoms with E-state index in [1.807, 2.05) is 19.9 Å². The summed E-state index contributed by atoms with van der Waals surface area (Å²) in [5.41, 5.74) is 1.73. The predicted molar refractivity (Wildman–Crippen MR) is 107 cm³/mol. The van der Waals surface area contributed by atoms with Crippen LogP contribution in [0.25, 0.3) is 10.6 Å². The molecular formula is C17H23N7O2S2. The van der Waals surface area contributed by atoms with Crippen molar-refractivity contribution in [1.29, 1.82) is 0 Å². The van der Waals surface area contributed by atoms with Gasteiger partial charge < -0.3 is 0 Å². The van der Waals surface area contributed by atoms with Crippen LogP contribution in [0.3, 0.4) is 0 Å². The van der Waals surface area contributed by atoms with Crippen LogP contribution in [0.4, 0.5) is 0 Å². The number of nitrogens with zero attached hydrogens (tertiary/aromatic N) is 6. The van der Waals surface area contributed by atoms with Crippen molar-refractivity contribution in [2.24, 2.45) is 0 Å². The van der Waals surface area contributed by atoms with Gasteiger partial charge in [-0.05, 0) is 26.0 Å². The molecule has 4 heterocycles. The first-order valence-electron chi connectivity index (χ1n) is 9.11. The molecule has 0 unspecified atom stereocenters. The Bertz CT molecular complexity index is 1030. The van der Waals surface area contributed by atoms with E-state index in [9.17, 15) is 8.42 Å². The molecule has 0 aromatic carbocycles. The lowest BCUT2D eigenvalue weighted by Crippen LogP contribution is -2.49. The van der Waals surface area contributed by atoms with Gasteiger partial charge in [-0.3, -0.25) is 14.7 Å². The summed E-state index contributed by atoms with van der Waals surface area (Å²) in [6, 6.07) is 3.68. The minimum Gasteiger partial charge on any atom is -0.299 e. The van der Waals surface area contributed by atoms with Crippen molar-refractivity contribution in [3.05, 3.63) is 35.4 Å². The van der Waals surface area contributed by atoms with Gasteiger partial charge in [-0.2, -0.15) is 14.5 Å². The molecule has 0 amide bonds. The van der Waals surface area contributed by atoms with Crippen LogP contribution < -0.4 is 0 Å². The van der Waals surface area contributed by atoms with Crippen LogP contribution in [0.1, 0.15) is 10.6 Å². The standard InChI is InChI=1S/C17H23N7O2S2/c1-13-9-15(21-20-13)16-10-17(14(2)27-16)28(25,26)24-7-4-22(5-8-24)3-6-23-12-18-11-19-23/h9-12H,3-8H2,1-2H3,(H,20,21). The van der Waals surface area contributed by atoms with Crippen molar-refractivity contribution in [1.82, 2.24) is 34.2 Å². The van der Waals surface area contributed by atoms with Gasteiger partial charge in [0.1, 0.15) is 18.3 Å². The van der Waals surface area contributed by atoms with Crippen LogP contribution >= 0.6 is 11.3 Å². The maximum atomic E-state index is 13.2. The SMILES string of the molecule is Cc1cc(-c2cc(S(=O)(=O)N3CCN(CCn4cncn4)CC3)c(C)s2)n[nH]1. The van der Waals surface area contributed by atoms with Crippen LogP contribution in [0.2, 0.25) is 0 Å². The molecule has 1 N–H and O–H groups in total. The van der Waals surface area contributed by atoms with Gasteiger partial charge in [0, 0.05) is 43.3 Å². The average Bonchev–Trinajstić information content (AvgIpc) is 3.41. The van der Waals surface area contributed by atoms with Gasteiger partial charge in [0.25, 0.3) is 0 Å². The van der Waals surface area contributed by atoms with E-state index in [0.29, 0.717) is 31.1 Å². The Balaban J connectivity index is 1.42. The Hall–Kier alpha value is -2.08. The van der Waals surface area contributed by atoms with E-state index in [0.717, 1.165) is 34.2 Å². The number of aromatic amines is 1. The zero-order chi connectivity index (χ0) is 19.7. The van der Waals surface area contributed by atoms with Gasteiger partial charge in [-0.1, -0.05) is 0 Å². The number of sulfonamides is 1. The highest BCUT2D eigenvalue weighted by molar-refractivity contribution is 7.89. The normalized spacial score (nSPS) is 16.6. The highest BCUT2D eigenvalue weighted by Crippen LogP contribution is 2.34. The summed E-state index contributed by atoms with van der Waals surface area (Å²) in [7, 11) is -3.50. The summed E-state index contributed by atoms with van der Waals surface area (Å²) in [6.07, 6.45) is 3.21. The largest absolute Gasteiger partial charge is 0.299 e. The third kappa shape index (κ3) is 3.88. The van der Waals surface area contributed by atoms with Gasteiger partial charge in [0.15, 0.2) is 0 Å². The molecule has 0 saturated carbocycles. The number of thiophene rings is 1. The molecule has 3 aromatic rings. The molecule has 28 heavy (non-hydrogen) atoms. The molecule has 0 spiro atoms. The molecular weight excluding hydrogens is 398 g/mol. The van der Waals surface area contributed by atoms with Gasteiger partial charge in [-0.15, -0.1) is 11.3 Å². The first kappa shape index (κ1) is 19.2. The van der Waals surface area contributed by atoms with Gasteiger partial charge in [-0.25, -0.2) is 13.4 Å². The molecule has 0 aliphatic carbocycles. The van der Waals surface area contributed by atoms with Crippen molar-refractivity contribution in [3.63, 3.8) is 0 Å². The van der Waals surface area contributed by atoms with Crippen LogP contribution in [0, 0.1) is 13.8 Å². The molecule has 9 nitrogen and oxygen atoms in total. The molecule has 1 fully saturated rings. The lowest BCUT2D eigenvalue weighted by atomic mass is 10.3. The Labute approximate surface area is 168 Å². The number of nitrogens with one attached hydrogen (secondary N) is 1. The molecule has 1 aliphatic heterocycles. The van der Waals surface area contributed by atoms with E-state index in [1.54, 1.807) is 21.4 Å². The number of piperazine rings is 1. The topological polar surface area (TPSA) is 100 Å². The number of hydrogen-bond acceptors (Lipinski definition) is 7. The van der Waals surface area contributed by atoms with Crippen molar-refractivity contribution in [2.45, 2.75) is 25.3 Å². The van der Waals surface area contributed by atoms with E-state index >= 15 is 0 Å². The second-order valence-corrected chi connectivity index (χ2v) is 10.0. The Morgan fingerprint density at radius 3 is 2.57 bits per heavy atom. The Morgan fingerprint density at radius 1 is 1.14 bits per heavy atom. The third-order valence-electron chi connectivity index (χ3n) is 4.89. The third-order valence-corrected chi connectivity index (χ3v) is 8.12. The van der Waals surface area contributed by atoms with E-state index in [2.05, 4.69) is 25.2 Å². The molecule has 0 radical (unpaired) electrons. The molecule has 3 aromatic heterocycles. The zero-order valence-electron chi connectivity index (χ0n) is 15.9. The maximum Gasteiger partial charge on any atom is 0.244 e. The highest BCUT2D eigenvalue weighted by atomic mass is 32.2. The smallest absolute Gasteiger partial charge is 0.244 e. The molecule has 1 aliphatic rings. The summed E-state index contributed by atoms with van der Waals surface area (Å²) >= 11 is 1.46. The number of hydrogen-bond donors (Lipinski definition) is 1. The number of rotatable bonds is 6. The first-order valence-corrected chi connectivity index (χ1v) is 11.4. The van der Waals surface area contributed by atoms with E-state index < -0.39 is 10.0 Å². The van der Waals surface area contributed by atoms with E-state index in [4.69, 9.17) is 0 Å². The number of aromatic nitrogens is 5. The highest BCUT2D eigenvalue weighted by Gasteiger charge is 2.31. The fourth-order valence-corrected chi connectivity index (χ4v) is 6.26. The van der Waals surface area contributed by atoms with Crippen LogP contribution in [-0.2, 0) is 16.6 Å². The lowest BCUT2D eigenvalue weighted by Gasteiger charge is -2.33. The van der Waals surface area contributed by atoms with Crippen LogP contribution in [-0.4, -0.2) is 75.3 Å². The molecule has 0 atom stereocenters. The molecule has 1 saturated heterocycles. The first-order chi connectivity index (χ1) is 13.4. The average molecular weight is 422 g/mol.